The smallest absolute Gasteiger partial charge is 0.162 e. The van der Waals surface area contributed by atoms with Gasteiger partial charge in [-0.15, -0.1) is 11.6 Å². The number of alkyl halides is 1. The third-order valence-electron chi connectivity index (χ3n) is 2.18. The average molecular weight is 325 g/mol. The third kappa shape index (κ3) is 3.94. The van der Waals surface area contributed by atoms with Crippen molar-refractivity contribution in [3.05, 3.63) is 16.6 Å². The van der Waals surface area contributed by atoms with Crippen LogP contribution in [0.25, 0.3) is 0 Å². The summed E-state index contributed by atoms with van der Waals surface area (Å²) >= 11 is 8.93. The summed E-state index contributed by atoms with van der Waals surface area (Å²) in [5, 5.41) is 12.4. The number of anilines is 1. The van der Waals surface area contributed by atoms with Gasteiger partial charge in [-0.2, -0.15) is 0 Å². The summed E-state index contributed by atoms with van der Waals surface area (Å²) in [4.78, 5) is 0. The molecule has 4 nitrogen and oxygen atoms in total. The van der Waals surface area contributed by atoms with Crippen LogP contribution in [-0.2, 0) is 0 Å². The van der Waals surface area contributed by atoms with Gasteiger partial charge < -0.3 is 19.9 Å². The Morgan fingerprint density at radius 2 is 1.94 bits per heavy atom. The highest BCUT2D eigenvalue weighted by Gasteiger charge is 2.10. The van der Waals surface area contributed by atoms with Gasteiger partial charge in [0.25, 0.3) is 0 Å². The molecule has 0 aliphatic rings. The van der Waals surface area contributed by atoms with Crippen LogP contribution < -0.4 is 14.8 Å². The van der Waals surface area contributed by atoms with Gasteiger partial charge in [-0.3, -0.25) is 0 Å². The Morgan fingerprint density at radius 3 is 2.47 bits per heavy atom. The van der Waals surface area contributed by atoms with E-state index in [9.17, 15) is 5.11 Å². The van der Waals surface area contributed by atoms with Crippen LogP contribution in [0.4, 0.5) is 5.69 Å². The van der Waals surface area contributed by atoms with E-state index in [2.05, 4.69) is 21.2 Å². The zero-order valence-corrected chi connectivity index (χ0v) is 12.0. The molecule has 0 heterocycles. The minimum atomic E-state index is -0.586. The maximum atomic E-state index is 9.37. The summed E-state index contributed by atoms with van der Waals surface area (Å²) in [5.74, 6) is 1.46. The molecular formula is C11H15BrClNO3. The van der Waals surface area contributed by atoms with Crippen molar-refractivity contribution < 1.29 is 14.6 Å². The number of rotatable bonds is 6. The van der Waals surface area contributed by atoms with Crippen molar-refractivity contribution in [1.82, 2.24) is 0 Å². The highest BCUT2D eigenvalue weighted by molar-refractivity contribution is 9.10. The van der Waals surface area contributed by atoms with E-state index in [4.69, 9.17) is 21.1 Å². The van der Waals surface area contributed by atoms with Crippen LogP contribution in [0.5, 0.6) is 11.5 Å². The molecule has 1 unspecified atom stereocenters. The molecule has 0 bridgehead atoms. The molecule has 1 rings (SSSR count). The van der Waals surface area contributed by atoms with Gasteiger partial charge >= 0.3 is 0 Å². The second kappa shape index (κ2) is 6.93. The highest BCUT2D eigenvalue weighted by atomic mass is 79.9. The lowest BCUT2D eigenvalue weighted by molar-refractivity contribution is 0.211. The number of benzene rings is 1. The van der Waals surface area contributed by atoms with Gasteiger partial charge in [0.1, 0.15) is 0 Å². The zero-order valence-electron chi connectivity index (χ0n) is 9.67. The topological polar surface area (TPSA) is 50.7 Å². The molecule has 96 valence electrons. The van der Waals surface area contributed by atoms with Gasteiger partial charge in [-0.25, -0.2) is 0 Å². The first kappa shape index (κ1) is 14.4. The number of aliphatic hydroxyl groups is 1. The van der Waals surface area contributed by atoms with Crippen LogP contribution in [0.2, 0.25) is 0 Å². The molecule has 0 saturated carbocycles. The molecule has 0 aliphatic carbocycles. The molecule has 17 heavy (non-hydrogen) atoms. The number of ether oxygens (including phenoxy) is 2. The normalized spacial score (nSPS) is 12.1. The van der Waals surface area contributed by atoms with Gasteiger partial charge in [0.2, 0.25) is 0 Å². The lowest BCUT2D eigenvalue weighted by Crippen LogP contribution is -2.20. The molecule has 0 radical (unpaired) electrons. The number of methoxy groups -OCH3 is 2. The van der Waals surface area contributed by atoms with Crippen molar-refractivity contribution in [1.29, 1.82) is 0 Å². The maximum Gasteiger partial charge on any atom is 0.162 e. The van der Waals surface area contributed by atoms with Gasteiger partial charge in [0, 0.05) is 23.2 Å². The number of hydrogen-bond acceptors (Lipinski definition) is 4. The van der Waals surface area contributed by atoms with E-state index in [1.54, 1.807) is 26.4 Å². The Hall–Kier alpha value is -0.650. The molecule has 6 heteroatoms. The van der Waals surface area contributed by atoms with Gasteiger partial charge in [-0.1, -0.05) is 0 Å². The Bertz CT molecular complexity index is 376. The molecule has 1 aromatic carbocycles. The molecule has 0 spiro atoms. The SMILES string of the molecule is COc1cc(Br)c(NCC(O)CCl)cc1OC. The Kier molecular flexibility index (Phi) is 5.88. The van der Waals surface area contributed by atoms with E-state index in [0.29, 0.717) is 18.0 Å². The van der Waals surface area contributed by atoms with Crippen LogP contribution >= 0.6 is 27.5 Å². The number of nitrogens with one attached hydrogen (secondary N) is 1. The van der Waals surface area contributed by atoms with Crippen molar-refractivity contribution in [2.24, 2.45) is 0 Å². The van der Waals surface area contributed by atoms with Gasteiger partial charge in [0.15, 0.2) is 11.5 Å². The minimum Gasteiger partial charge on any atom is -0.493 e. The van der Waals surface area contributed by atoms with Crippen molar-refractivity contribution in [3.8, 4) is 11.5 Å². The Balaban J connectivity index is 2.85. The van der Waals surface area contributed by atoms with Crippen molar-refractivity contribution in [2.75, 3.05) is 32.0 Å². The molecule has 1 aromatic rings. The molecule has 0 fully saturated rings. The molecule has 1 atom stereocenters. The zero-order chi connectivity index (χ0) is 12.8. The lowest BCUT2D eigenvalue weighted by Gasteiger charge is -2.14. The van der Waals surface area contributed by atoms with Crippen LogP contribution in [0.1, 0.15) is 0 Å². The number of aliphatic hydroxyl groups excluding tert-OH is 1. The van der Waals surface area contributed by atoms with Crippen molar-refractivity contribution >= 4 is 33.2 Å². The minimum absolute atomic E-state index is 0.192. The number of halogens is 2. The van der Waals surface area contributed by atoms with E-state index in [-0.39, 0.29) is 5.88 Å². The first-order valence-corrected chi connectivity index (χ1v) is 6.34. The Labute approximate surface area is 114 Å². The molecule has 0 amide bonds. The fourth-order valence-electron chi connectivity index (χ4n) is 1.27. The van der Waals surface area contributed by atoms with Gasteiger partial charge in [-0.05, 0) is 15.9 Å². The average Bonchev–Trinajstić information content (AvgIpc) is 2.36. The van der Waals surface area contributed by atoms with Crippen LogP contribution in [0.3, 0.4) is 0 Å². The van der Waals surface area contributed by atoms with Crippen molar-refractivity contribution in [3.63, 3.8) is 0 Å². The summed E-state index contributed by atoms with van der Waals surface area (Å²) in [5.41, 5.74) is 0.812. The fourth-order valence-corrected chi connectivity index (χ4v) is 1.84. The van der Waals surface area contributed by atoms with Crippen LogP contribution in [0.15, 0.2) is 16.6 Å². The molecule has 0 saturated heterocycles. The predicted molar refractivity (Wildman–Crippen MR) is 72.5 cm³/mol. The third-order valence-corrected chi connectivity index (χ3v) is 3.19. The van der Waals surface area contributed by atoms with Gasteiger partial charge in [0.05, 0.1) is 31.9 Å². The lowest BCUT2D eigenvalue weighted by atomic mass is 10.2. The summed E-state index contributed by atoms with van der Waals surface area (Å²) in [7, 11) is 3.15. The summed E-state index contributed by atoms with van der Waals surface area (Å²) in [6, 6.07) is 3.60. The second-order valence-electron chi connectivity index (χ2n) is 3.38. The summed E-state index contributed by atoms with van der Waals surface area (Å²) in [6.07, 6.45) is -0.586. The highest BCUT2D eigenvalue weighted by Crippen LogP contribution is 2.36. The standard InChI is InChI=1S/C11H15BrClNO3/c1-16-10-3-8(12)9(4-11(10)17-2)14-6-7(15)5-13/h3-4,7,14-15H,5-6H2,1-2H3. The van der Waals surface area contributed by atoms with E-state index in [1.807, 2.05) is 0 Å². The summed E-state index contributed by atoms with van der Waals surface area (Å²) in [6.45, 7) is 0.373. The van der Waals surface area contributed by atoms with Crippen LogP contribution in [-0.4, -0.2) is 37.9 Å². The maximum absolute atomic E-state index is 9.37. The second-order valence-corrected chi connectivity index (χ2v) is 4.54. The quantitative estimate of drug-likeness (QED) is 0.789. The van der Waals surface area contributed by atoms with E-state index in [0.717, 1.165) is 10.2 Å². The number of hydrogen-bond donors (Lipinski definition) is 2. The molecule has 2 N–H and O–H groups in total. The fraction of sp³-hybridized carbons (Fsp3) is 0.455. The first-order valence-electron chi connectivity index (χ1n) is 5.01. The van der Waals surface area contributed by atoms with E-state index < -0.39 is 6.10 Å². The van der Waals surface area contributed by atoms with Crippen LogP contribution in [0, 0.1) is 0 Å². The van der Waals surface area contributed by atoms with Crippen molar-refractivity contribution in [2.45, 2.75) is 6.10 Å². The molecule has 0 aliphatic heterocycles. The Morgan fingerprint density at radius 1 is 1.35 bits per heavy atom. The summed E-state index contributed by atoms with van der Waals surface area (Å²) < 4.78 is 11.2. The van der Waals surface area contributed by atoms with E-state index >= 15 is 0 Å². The molecular weight excluding hydrogens is 309 g/mol. The first-order chi connectivity index (χ1) is 8.12. The van der Waals surface area contributed by atoms with E-state index in [1.165, 1.54) is 0 Å². The monoisotopic (exact) mass is 323 g/mol. The largest absolute Gasteiger partial charge is 0.493 e. The molecule has 0 aromatic heterocycles. The predicted octanol–water partition coefficient (Wildman–Crippen LogP) is 2.48.